The Balaban J connectivity index is 1.66. The minimum absolute atomic E-state index is 0.0257. The average Bonchev–Trinajstić information content (AvgIpc) is 3.41. The molecule has 1 amide bonds. The molecule has 0 unspecified atom stereocenters. The maximum atomic E-state index is 13.9. The van der Waals surface area contributed by atoms with E-state index in [1.165, 1.54) is 12.1 Å². The maximum absolute atomic E-state index is 13.9. The number of fused-ring (bicyclic) bond motifs is 2. The standard InChI is InChI=1S/C25H27NO8S/c1-15-5-8-17(9-6-15)35(28,29)26(24(27)30-4)22-18(10-12-20-23(22)34-25(2,3)33-20)16-7-11-19-21(13-16)32-14-31-19/h5-13,18,20,22-23H,14H2,1-4H3/t18-,20-,22-,23-/m1/s1. The van der Waals surface area contributed by atoms with Crippen molar-refractivity contribution in [3.63, 3.8) is 0 Å². The number of amides is 1. The van der Waals surface area contributed by atoms with Crippen molar-refractivity contribution in [1.82, 2.24) is 4.31 Å². The quantitative estimate of drug-likeness (QED) is 0.585. The van der Waals surface area contributed by atoms with Crippen LogP contribution >= 0.6 is 0 Å². The summed E-state index contributed by atoms with van der Waals surface area (Å²) in [7, 11) is -3.17. The van der Waals surface area contributed by atoms with Gasteiger partial charge in [0.15, 0.2) is 17.3 Å². The Morgan fingerprint density at radius 3 is 2.46 bits per heavy atom. The zero-order valence-corrected chi connectivity index (χ0v) is 20.7. The maximum Gasteiger partial charge on any atom is 0.423 e. The Bertz CT molecular complexity index is 1270. The first kappa shape index (κ1) is 23.7. The Kier molecular flexibility index (Phi) is 5.77. The third-order valence-corrected chi connectivity index (χ3v) is 8.14. The molecule has 0 aromatic heterocycles. The first-order chi connectivity index (χ1) is 16.6. The fourth-order valence-electron chi connectivity index (χ4n) is 4.78. The molecule has 0 bridgehead atoms. The van der Waals surface area contributed by atoms with Crippen molar-refractivity contribution >= 4 is 16.1 Å². The fourth-order valence-corrected chi connectivity index (χ4v) is 6.33. The van der Waals surface area contributed by atoms with Crippen molar-refractivity contribution in [2.75, 3.05) is 13.9 Å². The number of rotatable bonds is 4. The number of methoxy groups -OCH3 is 1. The third-order valence-electron chi connectivity index (χ3n) is 6.36. The Labute approximate surface area is 204 Å². The number of ether oxygens (including phenoxy) is 5. The van der Waals surface area contributed by atoms with Crippen LogP contribution in [0.5, 0.6) is 11.5 Å². The van der Waals surface area contributed by atoms with E-state index in [0.717, 1.165) is 22.5 Å². The van der Waals surface area contributed by atoms with Gasteiger partial charge in [-0.25, -0.2) is 13.2 Å². The van der Waals surface area contributed by atoms with Gasteiger partial charge in [-0.1, -0.05) is 35.9 Å². The predicted molar refractivity (Wildman–Crippen MR) is 125 cm³/mol. The molecule has 0 spiro atoms. The van der Waals surface area contributed by atoms with Crippen molar-refractivity contribution < 1.29 is 36.9 Å². The number of benzene rings is 2. The second-order valence-electron chi connectivity index (χ2n) is 9.16. The number of hydrogen-bond donors (Lipinski definition) is 0. The molecule has 3 aliphatic rings. The number of carbonyl (C=O) groups excluding carboxylic acids is 1. The zero-order valence-electron chi connectivity index (χ0n) is 19.8. The second-order valence-corrected chi connectivity index (χ2v) is 11.0. The van der Waals surface area contributed by atoms with Gasteiger partial charge in [0, 0.05) is 5.92 Å². The van der Waals surface area contributed by atoms with Crippen LogP contribution in [0.4, 0.5) is 4.79 Å². The summed E-state index contributed by atoms with van der Waals surface area (Å²) in [5, 5.41) is 0. The molecular weight excluding hydrogens is 474 g/mol. The lowest BCUT2D eigenvalue weighted by atomic mass is 9.81. The lowest BCUT2D eigenvalue weighted by molar-refractivity contribution is -0.147. The van der Waals surface area contributed by atoms with Crippen molar-refractivity contribution in [2.24, 2.45) is 0 Å². The summed E-state index contributed by atoms with van der Waals surface area (Å²) in [5.41, 5.74) is 1.62. The molecule has 35 heavy (non-hydrogen) atoms. The normalized spacial score (nSPS) is 26.3. The van der Waals surface area contributed by atoms with Crippen molar-refractivity contribution in [3.05, 3.63) is 65.7 Å². The van der Waals surface area contributed by atoms with Crippen molar-refractivity contribution in [2.45, 2.75) is 55.6 Å². The van der Waals surface area contributed by atoms with Gasteiger partial charge < -0.3 is 23.7 Å². The molecule has 10 heteroatoms. The van der Waals surface area contributed by atoms with Crippen molar-refractivity contribution in [1.29, 1.82) is 0 Å². The van der Waals surface area contributed by atoms with E-state index in [2.05, 4.69) is 0 Å². The van der Waals surface area contributed by atoms with E-state index in [1.54, 1.807) is 38.1 Å². The second kappa shape index (κ2) is 8.54. The molecule has 2 aromatic carbocycles. The molecule has 5 rings (SSSR count). The topological polar surface area (TPSA) is 101 Å². The minimum Gasteiger partial charge on any atom is -0.454 e. The minimum atomic E-state index is -4.32. The van der Waals surface area contributed by atoms with E-state index in [4.69, 9.17) is 23.7 Å². The van der Waals surface area contributed by atoms with E-state index in [1.807, 2.05) is 25.1 Å². The van der Waals surface area contributed by atoms with Crippen LogP contribution in [0.1, 0.15) is 30.9 Å². The monoisotopic (exact) mass is 501 g/mol. The molecule has 0 N–H and O–H groups in total. The van der Waals surface area contributed by atoms with Gasteiger partial charge in [-0.05, 0) is 50.6 Å². The van der Waals surface area contributed by atoms with E-state index in [-0.39, 0.29) is 11.7 Å². The molecule has 0 saturated carbocycles. The highest BCUT2D eigenvalue weighted by atomic mass is 32.2. The lowest BCUT2D eigenvalue weighted by Gasteiger charge is -2.40. The highest BCUT2D eigenvalue weighted by Gasteiger charge is 2.54. The summed E-state index contributed by atoms with van der Waals surface area (Å²) in [5.74, 6) is -0.396. The van der Waals surface area contributed by atoms with Crippen LogP contribution < -0.4 is 9.47 Å². The van der Waals surface area contributed by atoms with Gasteiger partial charge in [0.2, 0.25) is 6.79 Å². The summed E-state index contributed by atoms with van der Waals surface area (Å²) >= 11 is 0. The summed E-state index contributed by atoms with van der Waals surface area (Å²) in [4.78, 5) is 13.1. The molecule has 186 valence electrons. The highest BCUT2D eigenvalue weighted by molar-refractivity contribution is 7.89. The SMILES string of the molecule is COC(=O)N([C@H]1[C@@H]2OC(C)(C)O[C@@H]2C=C[C@@H]1c1ccc2c(c1)OCO2)S(=O)(=O)c1ccc(C)cc1. The summed E-state index contributed by atoms with van der Waals surface area (Å²) in [6.45, 7) is 5.46. The number of aryl methyl sites for hydroxylation is 1. The predicted octanol–water partition coefficient (Wildman–Crippen LogP) is 3.72. The van der Waals surface area contributed by atoms with Gasteiger partial charge in [-0.15, -0.1) is 0 Å². The van der Waals surface area contributed by atoms with Crippen LogP contribution in [-0.2, 0) is 24.2 Å². The number of hydrogen-bond acceptors (Lipinski definition) is 8. The molecule has 9 nitrogen and oxygen atoms in total. The molecule has 0 radical (unpaired) electrons. The zero-order chi connectivity index (χ0) is 25.0. The third kappa shape index (κ3) is 4.15. The molecule has 4 atom stereocenters. The first-order valence-corrected chi connectivity index (χ1v) is 12.7. The Hall–Kier alpha value is -3.08. The lowest BCUT2D eigenvalue weighted by Crippen LogP contribution is -2.56. The van der Waals surface area contributed by atoms with Crippen LogP contribution in [0, 0.1) is 6.92 Å². The molecular formula is C25H27NO8S. The van der Waals surface area contributed by atoms with Gasteiger partial charge in [0.05, 0.1) is 18.0 Å². The first-order valence-electron chi connectivity index (χ1n) is 11.2. The van der Waals surface area contributed by atoms with Gasteiger partial charge in [0.1, 0.15) is 12.2 Å². The van der Waals surface area contributed by atoms with Crippen molar-refractivity contribution in [3.8, 4) is 11.5 Å². The van der Waals surface area contributed by atoms with Crippen LogP contribution in [0.3, 0.4) is 0 Å². The average molecular weight is 502 g/mol. The molecule has 2 aromatic rings. The van der Waals surface area contributed by atoms with E-state index in [0.29, 0.717) is 11.5 Å². The molecule has 1 fully saturated rings. The Morgan fingerprint density at radius 2 is 1.74 bits per heavy atom. The van der Waals surface area contributed by atoms with Gasteiger partial charge >= 0.3 is 6.09 Å². The van der Waals surface area contributed by atoms with Crippen LogP contribution in [-0.4, -0.2) is 56.8 Å². The summed E-state index contributed by atoms with van der Waals surface area (Å²) in [6.07, 6.45) is 1.35. The number of carbonyl (C=O) groups is 1. The van der Waals surface area contributed by atoms with E-state index >= 15 is 0 Å². The van der Waals surface area contributed by atoms with Crippen LogP contribution in [0.25, 0.3) is 0 Å². The number of sulfonamides is 1. The highest BCUT2D eigenvalue weighted by Crippen LogP contribution is 2.45. The largest absolute Gasteiger partial charge is 0.454 e. The van der Waals surface area contributed by atoms with Crippen LogP contribution in [0.15, 0.2) is 59.5 Å². The smallest absolute Gasteiger partial charge is 0.423 e. The van der Waals surface area contributed by atoms with Gasteiger partial charge in [-0.2, -0.15) is 4.31 Å². The Morgan fingerprint density at radius 1 is 1.03 bits per heavy atom. The van der Waals surface area contributed by atoms with E-state index in [9.17, 15) is 13.2 Å². The summed E-state index contributed by atoms with van der Waals surface area (Å²) < 4.78 is 56.8. The van der Waals surface area contributed by atoms with E-state index < -0.39 is 46.1 Å². The van der Waals surface area contributed by atoms with Crippen LogP contribution in [0.2, 0.25) is 0 Å². The summed E-state index contributed by atoms with van der Waals surface area (Å²) in [6, 6.07) is 10.7. The molecule has 1 aliphatic carbocycles. The van der Waals surface area contributed by atoms with Gasteiger partial charge in [-0.3, -0.25) is 0 Å². The number of nitrogens with zero attached hydrogens (tertiary/aromatic N) is 1. The molecule has 2 heterocycles. The molecule has 1 saturated heterocycles. The van der Waals surface area contributed by atoms with Gasteiger partial charge in [0.25, 0.3) is 10.0 Å². The fraction of sp³-hybridized carbons (Fsp3) is 0.400. The molecule has 2 aliphatic heterocycles.